The fourth-order valence-electron chi connectivity index (χ4n) is 1.44. The molecular formula is C14H21NO3S. The molecule has 0 aliphatic heterocycles. The van der Waals surface area contributed by atoms with Crippen LogP contribution in [-0.2, 0) is 4.79 Å². The Morgan fingerprint density at radius 1 is 1.37 bits per heavy atom. The molecule has 1 aromatic rings. The lowest BCUT2D eigenvalue weighted by molar-refractivity contribution is -0.122. The van der Waals surface area contributed by atoms with Gasteiger partial charge in [-0.15, -0.1) is 0 Å². The minimum Gasteiger partial charge on any atom is -0.484 e. The maximum absolute atomic E-state index is 11.5. The predicted molar refractivity (Wildman–Crippen MR) is 78.7 cm³/mol. The highest BCUT2D eigenvalue weighted by atomic mass is 32.2. The lowest BCUT2D eigenvalue weighted by atomic mass is 10.2. The Balaban J connectivity index is 2.10. The topological polar surface area (TPSA) is 58.6 Å². The number of thioether (sulfide) groups is 1. The molecule has 0 fully saturated rings. The van der Waals surface area contributed by atoms with Crippen LogP contribution in [0.25, 0.3) is 0 Å². The van der Waals surface area contributed by atoms with Gasteiger partial charge in [0, 0.05) is 18.9 Å². The van der Waals surface area contributed by atoms with Crippen molar-refractivity contribution in [1.29, 1.82) is 0 Å². The van der Waals surface area contributed by atoms with E-state index in [-0.39, 0.29) is 19.1 Å². The molecule has 1 amide bonds. The number of aliphatic hydroxyl groups is 1. The van der Waals surface area contributed by atoms with Crippen LogP contribution in [0.15, 0.2) is 24.3 Å². The zero-order chi connectivity index (χ0) is 13.9. The van der Waals surface area contributed by atoms with E-state index in [9.17, 15) is 4.79 Å². The number of para-hydroxylation sites is 1. The van der Waals surface area contributed by atoms with Gasteiger partial charge in [-0.3, -0.25) is 4.79 Å². The van der Waals surface area contributed by atoms with Crippen LogP contribution in [0, 0.1) is 6.92 Å². The molecule has 0 bridgehead atoms. The summed E-state index contributed by atoms with van der Waals surface area (Å²) in [6, 6.07) is 7.63. The van der Waals surface area contributed by atoms with Gasteiger partial charge >= 0.3 is 0 Å². The summed E-state index contributed by atoms with van der Waals surface area (Å²) in [7, 11) is 0. The van der Waals surface area contributed by atoms with E-state index in [1.54, 1.807) is 11.8 Å². The van der Waals surface area contributed by atoms with Crippen molar-refractivity contribution in [2.24, 2.45) is 0 Å². The second-order valence-electron chi connectivity index (χ2n) is 4.09. The lowest BCUT2D eigenvalue weighted by Gasteiger charge is -2.09. The average Bonchev–Trinajstić information content (AvgIpc) is 2.42. The quantitative estimate of drug-likeness (QED) is 0.676. The van der Waals surface area contributed by atoms with E-state index in [0.717, 1.165) is 29.2 Å². The minimum absolute atomic E-state index is 0.0478. The van der Waals surface area contributed by atoms with Crippen molar-refractivity contribution in [3.05, 3.63) is 29.8 Å². The molecule has 0 aliphatic rings. The van der Waals surface area contributed by atoms with E-state index in [1.807, 2.05) is 31.2 Å². The number of nitrogens with one attached hydrogen (secondary N) is 1. The van der Waals surface area contributed by atoms with Crippen LogP contribution in [0.5, 0.6) is 5.75 Å². The minimum atomic E-state index is -0.106. The molecule has 19 heavy (non-hydrogen) atoms. The van der Waals surface area contributed by atoms with Crippen molar-refractivity contribution in [2.45, 2.75) is 13.3 Å². The van der Waals surface area contributed by atoms with E-state index >= 15 is 0 Å². The van der Waals surface area contributed by atoms with Crippen molar-refractivity contribution in [1.82, 2.24) is 5.32 Å². The number of hydrogen-bond acceptors (Lipinski definition) is 4. The predicted octanol–water partition coefficient (Wildman–Crippen LogP) is 1.61. The number of aliphatic hydroxyl groups excluding tert-OH is 1. The summed E-state index contributed by atoms with van der Waals surface area (Å²) in [5.74, 6) is 2.42. The molecule has 0 heterocycles. The van der Waals surface area contributed by atoms with Gasteiger partial charge in [0.1, 0.15) is 5.75 Å². The zero-order valence-electron chi connectivity index (χ0n) is 11.2. The molecule has 0 saturated heterocycles. The molecule has 0 unspecified atom stereocenters. The zero-order valence-corrected chi connectivity index (χ0v) is 12.0. The number of aryl methyl sites for hydroxylation is 1. The summed E-state index contributed by atoms with van der Waals surface area (Å²) >= 11 is 1.72. The van der Waals surface area contributed by atoms with E-state index in [0.29, 0.717) is 6.54 Å². The van der Waals surface area contributed by atoms with Crippen molar-refractivity contribution in [2.75, 3.05) is 31.3 Å². The molecule has 0 aromatic heterocycles. The summed E-state index contributed by atoms with van der Waals surface area (Å²) in [5.41, 5.74) is 1.02. The van der Waals surface area contributed by atoms with Crippen LogP contribution >= 0.6 is 11.8 Å². The summed E-state index contributed by atoms with van der Waals surface area (Å²) in [5, 5.41) is 11.4. The van der Waals surface area contributed by atoms with Gasteiger partial charge in [0.2, 0.25) is 0 Å². The van der Waals surface area contributed by atoms with Crippen LogP contribution in [0.1, 0.15) is 12.0 Å². The van der Waals surface area contributed by atoms with E-state index in [1.165, 1.54) is 0 Å². The molecule has 1 aromatic carbocycles. The SMILES string of the molecule is Cc1ccccc1OCC(=O)NCCSCCCO. The van der Waals surface area contributed by atoms with Gasteiger partial charge in [-0.2, -0.15) is 11.8 Å². The second kappa shape index (κ2) is 9.69. The van der Waals surface area contributed by atoms with Crippen LogP contribution in [0.3, 0.4) is 0 Å². The second-order valence-corrected chi connectivity index (χ2v) is 5.32. The van der Waals surface area contributed by atoms with Crippen molar-refractivity contribution in [3.63, 3.8) is 0 Å². The Bertz CT molecular complexity index is 385. The fourth-order valence-corrected chi connectivity index (χ4v) is 2.23. The van der Waals surface area contributed by atoms with Crippen LogP contribution < -0.4 is 10.1 Å². The largest absolute Gasteiger partial charge is 0.484 e. The first-order valence-electron chi connectivity index (χ1n) is 6.37. The van der Waals surface area contributed by atoms with Gasteiger partial charge in [-0.1, -0.05) is 18.2 Å². The standard InChI is InChI=1S/C14H21NO3S/c1-12-5-2-3-6-13(12)18-11-14(17)15-7-10-19-9-4-8-16/h2-3,5-6,16H,4,7-11H2,1H3,(H,15,17). The maximum atomic E-state index is 11.5. The molecule has 0 spiro atoms. The first-order chi connectivity index (χ1) is 9.24. The summed E-state index contributed by atoms with van der Waals surface area (Å²) < 4.78 is 5.44. The number of rotatable bonds is 9. The molecule has 2 N–H and O–H groups in total. The van der Waals surface area contributed by atoms with Crippen molar-refractivity contribution in [3.8, 4) is 5.75 Å². The third kappa shape index (κ3) is 7.08. The molecule has 4 nitrogen and oxygen atoms in total. The molecule has 1 rings (SSSR count). The van der Waals surface area contributed by atoms with Gasteiger partial charge in [0.15, 0.2) is 6.61 Å². The van der Waals surface area contributed by atoms with E-state index in [4.69, 9.17) is 9.84 Å². The lowest BCUT2D eigenvalue weighted by Crippen LogP contribution is -2.30. The fraction of sp³-hybridized carbons (Fsp3) is 0.500. The molecule has 0 saturated carbocycles. The summed E-state index contributed by atoms with van der Waals surface area (Å²) in [6.45, 7) is 2.85. The van der Waals surface area contributed by atoms with Crippen LogP contribution in [0.4, 0.5) is 0 Å². The van der Waals surface area contributed by atoms with Crippen molar-refractivity contribution >= 4 is 17.7 Å². The number of hydrogen-bond donors (Lipinski definition) is 2. The Morgan fingerprint density at radius 2 is 2.16 bits per heavy atom. The maximum Gasteiger partial charge on any atom is 0.257 e. The number of ether oxygens (including phenoxy) is 1. The molecule has 106 valence electrons. The first kappa shape index (κ1) is 15.9. The smallest absolute Gasteiger partial charge is 0.257 e. The third-order valence-corrected chi connectivity index (χ3v) is 3.54. The third-order valence-electron chi connectivity index (χ3n) is 2.47. The summed E-state index contributed by atoms with van der Waals surface area (Å²) in [4.78, 5) is 11.5. The van der Waals surface area contributed by atoms with E-state index in [2.05, 4.69) is 5.32 Å². The number of carbonyl (C=O) groups is 1. The van der Waals surface area contributed by atoms with Gasteiger partial charge < -0.3 is 15.2 Å². The molecule has 0 atom stereocenters. The first-order valence-corrected chi connectivity index (χ1v) is 7.53. The van der Waals surface area contributed by atoms with Gasteiger partial charge in [-0.05, 0) is 30.7 Å². The van der Waals surface area contributed by atoms with Gasteiger partial charge in [0.05, 0.1) is 0 Å². The highest BCUT2D eigenvalue weighted by Gasteiger charge is 2.03. The number of benzene rings is 1. The Kier molecular flexibility index (Phi) is 8.09. The molecule has 0 aliphatic carbocycles. The highest BCUT2D eigenvalue weighted by Crippen LogP contribution is 2.15. The monoisotopic (exact) mass is 283 g/mol. The Hall–Kier alpha value is -1.20. The molecule has 5 heteroatoms. The molecular weight excluding hydrogens is 262 g/mol. The molecule has 0 radical (unpaired) electrons. The Morgan fingerprint density at radius 3 is 2.89 bits per heavy atom. The average molecular weight is 283 g/mol. The van der Waals surface area contributed by atoms with Crippen LogP contribution in [0.2, 0.25) is 0 Å². The number of carbonyl (C=O) groups excluding carboxylic acids is 1. The normalized spacial score (nSPS) is 10.2. The Labute approximate surface area is 118 Å². The van der Waals surface area contributed by atoms with Gasteiger partial charge in [-0.25, -0.2) is 0 Å². The van der Waals surface area contributed by atoms with Crippen LogP contribution in [-0.4, -0.2) is 42.3 Å². The number of amides is 1. The summed E-state index contributed by atoms with van der Waals surface area (Å²) in [6.07, 6.45) is 0.801. The van der Waals surface area contributed by atoms with Gasteiger partial charge in [0.25, 0.3) is 5.91 Å². The highest BCUT2D eigenvalue weighted by molar-refractivity contribution is 7.99. The van der Waals surface area contributed by atoms with E-state index < -0.39 is 0 Å². The van der Waals surface area contributed by atoms with Crippen molar-refractivity contribution < 1.29 is 14.6 Å².